The topological polar surface area (TPSA) is 79.4 Å². The molecule has 2 aromatic rings. The number of likely N-dealkylation sites (N-methyl/N-ethyl adjacent to an activating group) is 1. The van der Waals surface area contributed by atoms with E-state index in [0.717, 1.165) is 15.4 Å². The van der Waals surface area contributed by atoms with Crippen molar-refractivity contribution in [1.29, 1.82) is 0 Å². The smallest absolute Gasteiger partial charge is 0.266 e. The van der Waals surface area contributed by atoms with Crippen LogP contribution >= 0.6 is 23.4 Å². The van der Waals surface area contributed by atoms with Crippen molar-refractivity contribution in [2.75, 3.05) is 46.9 Å². The maximum Gasteiger partial charge on any atom is 0.266 e. The van der Waals surface area contributed by atoms with Crippen LogP contribution < -0.4 is 9.47 Å². The molecule has 0 bridgehead atoms. The molecule has 2 aliphatic rings. The van der Waals surface area contributed by atoms with Gasteiger partial charge in [0.15, 0.2) is 11.5 Å². The molecule has 2 heterocycles. The molecule has 1 saturated heterocycles. The molecule has 2 aromatic carbocycles. The molecule has 0 radical (unpaired) electrons. The van der Waals surface area contributed by atoms with Gasteiger partial charge in [-0.15, -0.1) is 0 Å². The summed E-state index contributed by atoms with van der Waals surface area (Å²) in [6.07, 6.45) is 2.63. The predicted molar refractivity (Wildman–Crippen MR) is 138 cm³/mol. The first-order valence-corrected chi connectivity index (χ1v) is 12.8. The molecule has 36 heavy (non-hydrogen) atoms. The number of benzene rings is 2. The zero-order chi connectivity index (χ0) is 25.8. The predicted octanol–water partition coefficient (Wildman–Crippen LogP) is 3.42. The third kappa shape index (κ3) is 6.14. The van der Waals surface area contributed by atoms with Crippen LogP contribution in [0, 0.1) is 0 Å². The number of carbonyl (C=O) groups is 3. The first-order chi connectivity index (χ1) is 17.2. The summed E-state index contributed by atoms with van der Waals surface area (Å²) < 4.78 is 11.6. The second kappa shape index (κ2) is 11.3. The molecular formula is C26H28ClN3O5S. The Labute approximate surface area is 219 Å². The van der Waals surface area contributed by atoms with Crippen molar-refractivity contribution in [3.05, 3.63) is 53.1 Å². The number of nitrogens with zero attached hydrogens (tertiary/aromatic N) is 3. The summed E-state index contributed by atoms with van der Waals surface area (Å²) in [5.41, 5.74) is 0.818. The largest absolute Gasteiger partial charge is 0.485 e. The molecular weight excluding hydrogens is 502 g/mol. The Balaban J connectivity index is 1.36. The summed E-state index contributed by atoms with van der Waals surface area (Å²) in [4.78, 5) is 42.8. The molecule has 0 N–H and O–H groups in total. The van der Waals surface area contributed by atoms with Crippen LogP contribution in [0.25, 0.3) is 6.08 Å². The van der Waals surface area contributed by atoms with Crippen LogP contribution in [0.4, 0.5) is 0 Å². The molecule has 1 fully saturated rings. The van der Waals surface area contributed by atoms with Gasteiger partial charge in [-0.2, -0.15) is 0 Å². The third-order valence-corrected chi connectivity index (χ3v) is 7.42. The van der Waals surface area contributed by atoms with Crippen LogP contribution in [0.3, 0.4) is 0 Å². The van der Waals surface area contributed by atoms with E-state index in [2.05, 4.69) is 0 Å². The Kier molecular flexibility index (Phi) is 8.11. The van der Waals surface area contributed by atoms with Crippen LogP contribution in [-0.4, -0.2) is 85.4 Å². The molecule has 4 rings (SSSR count). The molecule has 1 unspecified atom stereocenters. The SMILES string of the molecule is CC(=O)N1CCN(C(=O)C=Cc2ccc(Sc3ccc4c(c3)OCC(C(=O)N(C)C)O4)c(Cl)c2)CC1. The number of hydrogen-bond acceptors (Lipinski definition) is 6. The van der Waals surface area contributed by atoms with Gasteiger partial charge in [-0.05, 0) is 42.0 Å². The van der Waals surface area contributed by atoms with Crippen LogP contribution in [0.2, 0.25) is 5.02 Å². The van der Waals surface area contributed by atoms with Crippen molar-refractivity contribution in [2.24, 2.45) is 0 Å². The van der Waals surface area contributed by atoms with Crippen molar-refractivity contribution in [3.63, 3.8) is 0 Å². The summed E-state index contributed by atoms with van der Waals surface area (Å²) in [5, 5.41) is 0.566. The van der Waals surface area contributed by atoms with Crippen molar-refractivity contribution in [1.82, 2.24) is 14.7 Å². The lowest BCUT2D eigenvalue weighted by Gasteiger charge is -2.33. The Morgan fingerprint density at radius 2 is 1.75 bits per heavy atom. The van der Waals surface area contributed by atoms with E-state index >= 15 is 0 Å². The van der Waals surface area contributed by atoms with E-state index in [1.165, 1.54) is 22.7 Å². The summed E-state index contributed by atoms with van der Waals surface area (Å²) in [5.74, 6) is 0.924. The summed E-state index contributed by atoms with van der Waals surface area (Å²) in [7, 11) is 3.37. The van der Waals surface area contributed by atoms with Crippen LogP contribution in [0.1, 0.15) is 12.5 Å². The average molecular weight is 530 g/mol. The van der Waals surface area contributed by atoms with Gasteiger partial charge < -0.3 is 24.2 Å². The van der Waals surface area contributed by atoms with E-state index in [0.29, 0.717) is 42.7 Å². The molecule has 10 heteroatoms. The number of ether oxygens (including phenoxy) is 2. The van der Waals surface area contributed by atoms with Crippen molar-refractivity contribution >= 4 is 47.2 Å². The number of carbonyl (C=O) groups excluding carboxylic acids is 3. The highest BCUT2D eigenvalue weighted by Crippen LogP contribution is 2.40. The average Bonchev–Trinajstić information content (AvgIpc) is 2.87. The summed E-state index contributed by atoms with van der Waals surface area (Å²) >= 11 is 8.01. The van der Waals surface area contributed by atoms with E-state index in [1.54, 1.807) is 43.0 Å². The Hall–Kier alpha value is -3.17. The van der Waals surface area contributed by atoms with E-state index < -0.39 is 6.10 Å². The second-order valence-corrected chi connectivity index (χ2v) is 10.2. The maximum absolute atomic E-state index is 12.5. The molecule has 0 saturated carbocycles. The van der Waals surface area contributed by atoms with E-state index in [4.69, 9.17) is 21.1 Å². The minimum Gasteiger partial charge on any atom is -0.485 e. The lowest BCUT2D eigenvalue weighted by Crippen LogP contribution is -2.49. The van der Waals surface area contributed by atoms with Gasteiger partial charge in [0.1, 0.15) is 6.61 Å². The third-order valence-electron chi connectivity index (χ3n) is 5.93. The highest BCUT2D eigenvalue weighted by Gasteiger charge is 2.29. The van der Waals surface area contributed by atoms with Gasteiger partial charge in [0.2, 0.25) is 17.9 Å². The van der Waals surface area contributed by atoms with E-state index in [9.17, 15) is 14.4 Å². The lowest BCUT2D eigenvalue weighted by molar-refractivity contribution is -0.138. The number of hydrogen-bond donors (Lipinski definition) is 0. The van der Waals surface area contributed by atoms with Gasteiger partial charge in [0.05, 0.1) is 5.02 Å². The van der Waals surface area contributed by atoms with Gasteiger partial charge in [-0.1, -0.05) is 29.4 Å². The molecule has 1 atom stereocenters. The molecule has 0 spiro atoms. The maximum atomic E-state index is 12.5. The quantitative estimate of drug-likeness (QED) is 0.552. The van der Waals surface area contributed by atoms with Gasteiger partial charge in [-0.3, -0.25) is 14.4 Å². The highest BCUT2D eigenvalue weighted by molar-refractivity contribution is 7.99. The van der Waals surface area contributed by atoms with E-state index in [1.807, 2.05) is 30.3 Å². The van der Waals surface area contributed by atoms with Crippen molar-refractivity contribution < 1.29 is 23.9 Å². The Morgan fingerprint density at radius 1 is 1.03 bits per heavy atom. The normalized spacial score (nSPS) is 17.3. The minimum absolute atomic E-state index is 0.0339. The van der Waals surface area contributed by atoms with Crippen molar-refractivity contribution in [2.45, 2.75) is 22.8 Å². The van der Waals surface area contributed by atoms with Crippen LogP contribution in [0.15, 0.2) is 52.3 Å². The fraction of sp³-hybridized carbons (Fsp3) is 0.346. The highest BCUT2D eigenvalue weighted by atomic mass is 35.5. The number of halogens is 1. The van der Waals surface area contributed by atoms with Gasteiger partial charge >= 0.3 is 0 Å². The van der Waals surface area contributed by atoms with E-state index in [-0.39, 0.29) is 24.3 Å². The molecule has 8 nitrogen and oxygen atoms in total. The summed E-state index contributed by atoms with van der Waals surface area (Å²) in [6, 6.07) is 11.2. The number of fused-ring (bicyclic) bond motifs is 1. The number of amides is 3. The fourth-order valence-electron chi connectivity index (χ4n) is 3.87. The molecule has 190 valence electrons. The van der Waals surface area contributed by atoms with Crippen molar-refractivity contribution in [3.8, 4) is 11.5 Å². The zero-order valence-electron chi connectivity index (χ0n) is 20.4. The Morgan fingerprint density at radius 3 is 2.42 bits per heavy atom. The molecule has 0 aromatic heterocycles. The summed E-state index contributed by atoms with van der Waals surface area (Å²) in [6.45, 7) is 3.87. The first-order valence-electron chi connectivity index (χ1n) is 11.6. The fourth-order valence-corrected chi connectivity index (χ4v) is 5.02. The molecule has 3 amide bonds. The Bertz CT molecular complexity index is 1190. The molecule has 0 aliphatic carbocycles. The van der Waals surface area contributed by atoms with Gasteiger partial charge in [0.25, 0.3) is 5.91 Å². The van der Waals surface area contributed by atoms with Crippen LogP contribution in [0.5, 0.6) is 11.5 Å². The van der Waals surface area contributed by atoms with Crippen LogP contribution in [-0.2, 0) is 14.4 Å². The zero-order valence-corrected chi connectivity index (χ0v) is 22.0. The monoisotopic (exact) mass is 529 g/mol. The second-order valence-electron chi connectivity index (χ2n) is 8.72. The minimum atomic E-state index is -0.655. The lowest BCUT2D eigenvalue weighted by atomic mass is 10.2. The standard InChI is InChI=1S/C26H28ClN3O5S/c1-17(31)29-10-12-30(13-11-29)25(32)9-5-18-4-8-24(20(27)14-18)36-19-6-7-21-22(15-19)34-16-23(35-21)26(33)28(2)3/h4-9,14-15,23H,10-13,16H2,1-3H3. The van der Waals surface area contributed by atoms with Gasteiger partial charge in [0, 0.05) is 63.1 Å². The first kappa shape index (κ1) is 25.9. The number of rotatable bonds is 5. The van der Waals surface area contributed by atoms with Gasteiger partial charge in [-0.25, -0.2) is 0 Å². The number of piperazine rings is 1. The molecule has 2 aliphatic heterocycles.